The third kappa shape index (κ3) is 7.86. The molecule has 3 aromatic rings. The first kappa shape index (κ1) is 32.3. The Morgan fingerprint density at radius 1 is 1.07 bits per heavy atom. The average molecular weight is 819 g/mol. The fourth-order valence-corrected chi connectivity index (χ4v) is 6.64. The number of halogens is 2. The number of ether oxygens (including phenoxy) is 3. The number of nitrogens with zero attached hydrogens (tertiary/aromatic N) is 4. The van der Waals surface area contributed by atoms with E-state index < -0.39 is 11.9 Å². The molecule has 0 saturated carbocycles. The van der Waals surface area contributed by atoms with Crippen molar-refractivity contribution >= 4 is 85.3 Å². The molecule has 42 heavy (non-hydrogen) atoms. The highest BCUT2D eigenvalue weighted by Gasteiger charge is 2.27. The maximum Gasteiger partial charge on any atom is 0.309 e. The molecule has 2 aromatic heterocycles. The first-order valence-electron chi connectivity index (χ1n) is 13.3. The Morgan fingerprint density at radius 3 is 2.31 bits per heavy atom. The molecule has 1 fully saturated rings. The van der Waals surface area contributed by atoms with Crippen LogP contribution in [0.4, 0.5) is 10.9 Å². The summed E-state index contributed by atoms with van der Waals surface area (Å²) in [6.07, 6.45) is 4.35. The molecule has 0 radical (unpaired) electrons. The molecular formula is C28H31I2N5O6S. The van der Waals surface area contributed by atoms with Gasteiger partial charge in [-0.15, -0.1) is 0 Å². The number of amides is 1. The van der Waals surface area contributed by atoms with Gasteiger partial charge in [0.05, 0.1) is 42.6 Å². The second kappa shape index (κ2) is 15.2. The fourth-order valence-electron chi connectivity index (χ4n) is 4.61. The van der Waals surface area contributed by atoms with Gasteiger partial charge in [0.2, 0.25) is 0 Å². The standard InChI is InChI=1S/C28H31I2N5O6S/c1-4-40-27(38)17-5-7-35(8-6-17)23-14-31-21(13-32-23)26(37)34-28-33-24(22(42-28)15-41-16(2)36)18-9-19(11-29)25(39-3)20(10-18)12-30/h9-10,13-14,17H,4-8,11-12,15H2,1-3H3,(H,33,34,37). The number of hydrogen-bond donors (Lipinski definition) is 1. The van der Waals surface area contributed by atoms with Gasteiger partial charge >= 0.3 is 11.9 Å². The van der Waals surface area contributed by atoms with Crippen LogP contribution in [-0.4, -0.2) is 59.6 Å². The van der Waals surface area contributed by atoms with Crippen molar-refractivity contribution in [1.82, 2.24) is 15.0 Å². The summed E-state index contributed by atoms with van der Waals surface area (Å²) in [7, 11) is 1.66. The predicted molar refractivity (Wildman–Crippen MR) is 177 cm³/mol. The number of nitrogens with one attached hydrogen (secondary N) is 1. The maximum atomic E-state index is 13.1. The van der Waals surface area contributed by atoms with Crippen molar-refractivity contribution in [3.05, 3.63) is 46.2 Å². The summed E-state index contributed by atoms with van der Waals surface area (Å²) < 4.78 is 17.6. The van der Waals surface area contributed by atoms with Gasteiger partial charge in [-0.3, -0.25) is 19.7 Å². The molecule has 224 valence electrons. The first-order chi connectivity index (χ1) is 20.3. The summed E-state index contributed by atoms with van der Waals surface area (Å²) >= 11 is 5.83. The van der Waals surface area contributed by atoms with Crippen molar-refractivity contribution in [3.8, 4) is 17.0 Å². The molecule has 1 N–H and O–H groups in total. The lowest BCUT2D eigenvalue weighted by atomic mass is 9.97. The number of thiazole rings is 1. The molecule has 0 aliphatic carbocycles. The zero-order valence-electron chi connectivity index (χ0n) is 23.4. The molecule has 4 rings (SSSR count). The van der Waals surface area contributed by atoms with Crippen LogP contribution in [0.25, 0.3) is 11.3 Å². The molecule has 1 saturated heterocycles. The van der Waals surface area contributed by atoms with E-state index in [1.54, 1.807) is 20.2 Å². The summed E-state index contributed by atoms with van der Waals surface area (Å²) in [5.41, 5.74) is 3.68. The molecule has 11 nitrogen and oxygen atoms in total. The number of rotatable bonds is 11. The normalized spacial score (nSPS) is 13.5. The van der Waals surface area contributed by atoms with Gasteiger partial charge in [-0.1, -0.05) is 56.5 Å². The van der Waals surface area contributed by atoms with Crippen molar-refractivity contribution in [2.75, 3.05) is 37.0 Å². The monoisotopic (exact) mass is 819 g/mol. The number of aromatic nitrogens is 3. The molecule has 0 unspecified atom stereocenters. The number of hydrogen-bond acceptors (Lipinski definition) is 11. The minimum Gasteiger partial charge on any atom is -0.496 e. The Bertz CT molecular complexity index is 1400. The smallest absolute Gasteiger partial charge is 0.309 e. The van der Waals surface area contributed by atoms with E-state index >= 15 is 0 Å². The Balaban J connectivity index is 1.51. The molecule has 3 heterocycles. The summed E-state index contributed by atoms with van der Waals surface area (Å²) in [6.45, 7) is 4.88. The number of benzene rings is 1. The molecule has 14 heteroatoms. The third-order valence-corrected chi connectivity index (χ3v) is 9.23. The lowest BCUT2D eigenvalue weighted by Crippen LogP contribution is -2.37. The molecule has 0 bridgehead atoms. The zero-order chi connectivity index (χ0) is 30.2. The van der Waals surface area contributed by atoms with Crippen molar-refractivity contribution in [2.45, 2.75) is 42.2 Å². The predicted octanol–water partition coefficient (Wildman–Crippen LogP) is 5.57. The second-order valence-electron chi connectivity index (χ2n) is 9.39. The van der Waals surface area contributed by atoms with E-state index in [2.05, 4.69) is 60.5 Å². The van der Waals surface area contributed by atoms with Crippen molar-refractivity contribution in [2.24, 2.45) is 5.92 Å². The molecular weight excluding hydrogens is 788 g/mol. The largest absolute Gasteiger partial charge is 0.496 e. The Labute approximate surface area is 275 Å². The maximum absolute atomic E-state index is 13.1. The van der Waals surface area contributed by atoms with E-state index in [0.717, 1.165) is 31.3 Å². The van der Waals surface area contributed by atoms with Crippen LogP contribution in [-0.2, 0) is 34.5 Å². The molecule has 1 aliphatic heterocycles. The van der Waals surface area contributed by atoms with Crippen LogP contribution in [0.1, 0.15) is 53.2 Å². The molecule has 1 aliphatic rings. The number of piperidine rings is 1. The fraction of sp³-hybridized carbons (Fsp3) is 0.429. The van der Waals surface area contributed by atoms with Gasteiger partial charge in [0.15, 0.2) is 5.13 Å². The minimum atomic E-state index is -0.454. The second-order valence-corrected chi connectivity index (χ2v) is 12.0. The molecule has 1 amide bonds. The van der Waals surface area contributed by atoms with Crippen LogP contribution in [0.5, 0.6) is 5.75 Å². The van der Waals surface area contributed by atoms with Gasteiger partial charge in [-0.25, -0.2) is 15.0 Å². The van der Waals surface area contributed by atoms with Gasteiger partial charge in [-0.2, -0.15) is 0 Å². The molecule has 1 aromatic carbocycles. The van der Waals surface area contributed by atoms with Crippen molar-refractivity contribution in [3.63, 3.8) is 0 Å². The molecule has 0 spiro atoms. The number of esters is 2. The highest BCUT2D eigenvalue weighted by molar-refractivity contribution is 14.1. The van der Waals surface area contributed by atoms with Gasteiger partial charge in [0, 0.05) is 45.6 Å². The molecule has 0 atom stereocenters. The van der Waals surface area contributed by atoms with Crippen LogP contribution in [0.2, 0.25) is 0 Å². The number of carbonyl (C=O) groups is 3. The van der Waals surface area contributed by atoms with Crippen molar-refractivity contribution in [1.29, 1.82) is 0 Å². The lowest BCUT2D eigenvalue weighted by Gasteiger charge is -2.31. The summed E-state index contributed by atoms with van der Waals surface area (Å²) in [5.74, 6) is 0.372. The van der Waals surface area contributed by atoms with E-state index in [4.69, 9.17) is 19.2 Å². The Hall–Kier alpha value is -2.60. The van der Waals surface area contributed by atoms with Crippen LogP contribution >= 0.6 is 56.5 Å². The topological polar surface area (TPSA) is 133 Å². The van der Waals surface area contributed by atoms with Crippen LogP contribution < -0.4 is 15.0 Å². The van der Waals surface area contributed by atoms with Gasteiger partial charge in [0.25, 0.3) is 5.91 Å². The van der Waals surface area contributed by atoms with Gasteiger partial charge in [-0.05, 0) is 31.9 Å². The Kier molecular flexibility index (Phi) is 11.7. The number of alkyl halides is 2. The quantitative estimate of drug-likeness (QED) is 0.149. The lowest BCUT2D eigenvalue weighted by molar-refractivity contribution is -0.148. The SMILES string of the molecule is CCOC(=O)C1CCN(c2cnc(C(=O)Nc3nc(-c4cc(CI)c(OC)c(CI)c4)c(COC(C)=O)s3)cn2)CC1. The third-order valence-electron chi connectivity index (χ3n) is 6.64. The van der Waals surface area contributed by atoms with Crippen LogP contribution in [0, 0.1) is 5.92 Å². The van der Waals surface area contributed by atoms with E-state index in [0.29, 0.717) is 54.1 Å². The summed E-state index contributed by atoms with van der Waals surface area (Å²) in [5, 5.41) is 3.17. The van der Waals surface area contributed by atoms with Crippen LogP contribution in [0.3, 0.4) is 0 Å². The number of anilines is 2. The summed E-state index contributed by atoms with van der Waals surface area (Å²) in [4.78, 5) is 52.9. The van der Waals surface area contributed by atoms with E-state index in [-0.39, 0.29) is 24.2 Å². The summed E-state index contributed by atoms with van der Waals surface area (Å²) in [6, 6.07) is 4.03. The van der Waals surface area contributed by atoms with Gasteiger partial charge < -0.3 is 19.1 Å². The highest BCUT2D eigenvalue weighted by atomic mass is 127. The van der Waals surface area contributed by atoms with Crippen LogP contribution in [0.15, 0.2) is 24.5 Å². The highest BCUT2D eigenvalue weighted by Crippen LogP contribution is 2.38. The Morgan fingerprint density at radius 2 is 1.76 bits per heavy atom. The average Bonchev–Trinajstić information content (AvgIpc) is 3.41. The van der Waals surface area contributed by atoms with Crippen molar-refractivity contribution < 1.29 is 28.6 Å². The van der Waals surface area contributed by atoms with Gasteiger partial charge in [0.1, 0.15) is 23.9 Å². The van der Waals surface area contributed by atoms with E-state index in [1.807, 2.05) is 17.0 Å². The first-order valence-corrected chi connectivity index (χ1v) is 17.1. The zero-order valence-corrected chi connectivity index (χ0v) is 28.6. The number of carbonyl (C=O) groups excluding carboxylic acids is 3. The minimum absolute atomic E-state index is 0.0325. The van der Waals surface area contributed by atoms with E-state index in [1.165, 1.54) is 24.5 Å². The number of methoxy groups -OCH3 is 1. The van der Waals surface area contributed by atoms with E-state index in [9.17, 15) is 14.4 Å².